The highest BCUT2D eigenvalue weighted by molar-refractivity contribution is 7.90. The zero-order chi connectivity index (χ0) is 23.5. The maximum atomic E-state index is 12.7. The molecule has 3 aromatic rings. The first-order chi connectivity index (χ1) is 14.9. The van der Waals surface area contributed by atoms with E-state index in [2.05, 4.69) is 31.4 Å². The molecule has 0 aliphatic heterocycles. The quantitative estimate of drug-likeness (QED) is 0.579. The molecule has 0 aliphatic rings. The van der Waals surface area contributed by atoms with Crippen molar-refractivity contribution in [3.63, 3.8) is 0 Å². The molecule has 0 bridgehead atoms. The smallest absolute Gasteiger partial charge is 0.255 e. The Bertz CT molecular complexity index is 1240. The van der Waals surface area contributed by atoms with Gasteiger partial charge in [0.25, 0.3) is 11.8 Å². The molecule has 0 radical (unpaired) electrons. The Kier molecular flexibility index (Phi) is 6.50. The molecule has 0 unspecified atom stereocenters. The van der Waals surface area contributed by atoms with E-state index in [1.165, 1.54) is 24.3 Å². The van der Waals surface area contributed by atoms with Crippen LogP contribution in [0.1, 0.15) is 47.1 Å². The van der Waals surface area contributed by atoms with Gasteiger partial charge in [0, 0.05) is 17.4 Å². The number of hydrogen-bond donors (Lipinski definition) is 2. The predicted octanol–water partition coefficient (Wildman–Crippen LogP) is 4.89. The summed E-state index contributed by atoms with van der Waals surface area (Å²) < 4.78 is 23.2. The summed E-state index contributed by atoms with van der Waals surface area (Å²) in [5.41, 5.74) is 2.82. The molecule has 0 saturated heterocycles. The number of carbonyl (C=O) groups excluding carboxylic acids is 2. The molecule has 2 N–H and O–H groups in total. The minimum Gasteiger partial charge on any atom is -0.320 e. The Labute approximate surface area is 188 Å². The fourth-order valence-corrected chi connectivity index (χ4v) is 3.70. The molecule has 0 spiro atoms. The lowest BCUT2D eigenvalue weighted by Crippen LogP contribution is -2.17. The van der Waals surface area contributed by atoms with Crippen molar-refractivity contribution < 1.29 is 18.0 Å². The number of amides is 2. The van der Waals surface area contributed by atoms with Gasteiger partial charge in [-0.2, -0.15) is 0 Å². The van der Waals surface area contributed by atoms with Crippen LogP contribution in [-0.2, 0) is 15.3 Å². The van der Waals surface area contributed by atoms with Crippen LogP contribution < -0.4 is 10.6 Å². The Morgan fingerprint density at radius 2 is 1.09 bits per heavy atom. The highest BCUT2D eigenvalue weighted by atomic mass is 32.2. The summed E-state index contributed by atoms with van der Waals surface area (Å²) in [5, 5.41) is 5.61. The minimum atomic E-state index is -3.34. The highest BCUT2D eigenvalue weighted by Crippen LogP contribution is 2.25. The summed E-state index contributed by atoms with van der Waals surface area (Å²) in [7, 11) is -3.34. The lowest BCUT2D eigenvalue weighted by atomic mass is 9.87. The molecule has 166 valence electrons. The van der Waals surface area contributed by atoms with Crippen LogP contribution in [0.2, 0.25) is 0 Å². The first-order valence-corrected chi connectivity index (χ1v) is 12.0. The van der Waals surface area contributed by atoms with Gasteiger partial charge in [-0.05, 0) is 59.5 Å². The molecule has 2 amide bonds. The second-order valence-corrected chi connectivity index (χ2v) is 10.6. The molecule has 6 nitrogen and oxygen atoms in total. The highest BCUT2D eigenvalue weighted by Gasteiger charge is 2.16. The monoisotopic (exact) mass is 450 g/mol. The molecule has 3 rings (SSSR count). The molecule has 32 heavy (non-hydrogen) atoms. The summed E-state index contributed by atoms with van der Waals surface area (Å²) in [6, 6.07) is 20.0. The lowest BCUT2D eigenvalue weighted by Gasteiger charge is -2.19. The number of sulfone groups is 1. The van der Waals surface area contributed by atoms with E-state index in [0.717, 1.165) is 11.8 Å². The van der Waals surface area contributed by atoms with Crippen molar-refractivity contribution in [3.8, 4) is 0 Å². The van der Waals surface area contributed by atoms with E-state index in [1.807, 2.05) is 12.1 Å². The minimum absolute atomic E-state index is 0.00853. The number of nitrogens with one attached hydrogen (secondary N) is 2. The first kappa shape index (κ1) is 23.2. The van der Waals surface area contributed by atoms with Crippen LogP contribution in [0, 0.1) is 0 Å². The van der Waals surface area contributed by atoms with E-state index in [0.29, 0.717) is 22.5 Å². The zero-order valence-electron chi connectivity index (χ0n) is 18.5. The lowest BCUT2D eigenvalue weighted by molar-refractivity contribution is 0.101. The fourth-order valence-electron chi connectivity index (χ4n) is 3.07. The van der Waals surface area contributed by atoms with Gasteiger partial charge in [-0.25, -0.2) is 8.42 Å². The van der Waals surface area contributed by atoms with Gasteiger partial charge in [0.05, 0.1) is 16.3 Å². The molecule has 7 heteroatoms. The Morgan fingerprint density at radius 3 is 1.47 bits per heavy atom. The van der Waals surface area contributed by atoms with Crippen LogP contribution >= 0.6 is 0 Å². The summed E-state index contributed by atoms with van der Waals surface area (Å²) in [5.74, 6) is -0.703. The van der Waals surface area contributed by atoms with Crippen molar-refractivity contribution in [2.75, 3.05) is 16.9 Å². The van der Waals surface area contributed by atoms with E-state index in [1.54, 1.807) is 36.4 Å². The predicted molar refractivity (Wildman–Crippen MR) is 127 cm³/mol. The van der Waals surface area contributed by atoms with E-state index in [-0.39, 0.29) is 16.2 Å². The molecular formula is C25H26N2O4S. The van der Waals surface area contributed by atoms with E-state index in [9.17, 15) is 18.0 Å². The maximum absolute atomic E-state index is 12.7. The van der Waals surface area contributed by atoms with Crippen LogP contribution in [0.3, 0.4) is 0 Å². The summed E-state index contributed by atoms with van der Waals surface area (Å²) in [6.07, 6.45) is 1.11. The van der Waals surface area contributed by atoms with Gasteiger partial charge in [0.1, 0.15) is 0 Å². The van der Waals surface area contributed by atoms with E-state index >= 15 is 0 Å². The van der Waals surface area contributed by atoms with Gasteiger partial charge < -0.3 is 10.6 Å². The van der Waals surface area contributed by atoms with Gasteiger partial charge in [-0.15, -0.1) is 0 Å². The van der Waals surface area contributed by atoms with Crippen LogP contribution in [-0.4, -0.2) is 26.5 Å². The number of rotatable bonds is 5. The first-order valence-electron chi connectivity index (χ1n) is 10.1. The molecule has 0 heterocycles. The standard InChI is InChI=1S/C25H26N2O4S/c1-25(2,3)19-13-9-17(10-14-19)23(28)26-21-7-5-6-8-22(21)27-24(29)18-11-15-20(16-12-18)32(4,30)31/h5-16H,1-4H3,(H,26,28)(H,27,29). The van der Waals surface area contributed by atoms with Gasteiger partial charge in [0.15, 0.2) is 9.84 Å². The molecule has 0 aromatic heterocycles. The Balaban J connectivity index is 1.76. The molecule has 0 saturated carbocycles. The van der Waals surface area contributed by atoms with Crippen molar-refractivity contribution >= 4 is 33.0 Å². The number of hydrogen-bond acceptors (Lipinski definition) is 4. The van der Waals surface area contributed by atoms with E-state index in [4.69, 9.17) is 0 Å². The number of carbonyl (C=O) groups is 2. The average Bonchev–Trinajstić information content (AvgIpc) is 2.74. The third-order valence-electron chi connectivity index (χ3n) is 4.98. The van der Waals surface area contributed by atoms with Crippen molar-refractivity contribution in [2.45, 2.75) is 31.1 Å². The van der Waals surface area contributed by atoms with Crippen LogP contribution in [0.4, 0.5) is 11.4 Å². The third-order valence-corrected chi connectivity index (χ3v) is 6.11. The molecule has 0 fully saturated rings. The zero-order valence-corrected chi connectivity index (χ0v) is 19.3. The van der Waals surface area contributed by atoms with Crippen molar-refractivity contribution in [1.82, 2.24) is 0 Å². The van der Waals surface area contributed by atoms with Gasteiger partial charge in [0.2, 0.25) is 0 Å². The fraction of sp³-hybridized carbons (Fsp3) is 0.200. The summed E-state index contributed by atoms with van der Waals surface area (Å²) >= 11 is 0. The maximum Gasteiger partial charge on any atom is 0.255 e. The SMILES string of the molecule is CC(C)(C)c1ccc(C(=O)Nc2ccccc2NC(=O)c2ccc(S(C)(=O)=O)cc2)cc1. The number of anilines is 2. The largest absolute Gasteiger partial charge is 0.320 e. The van der Waals surface area contributed by atoms with Gasteiger partial charge in [-0.1, -0.05) is 45.0 Å². The normalized spacial score (nSPS) is 11.6. The molecule has 0 atom stereocenters. The van der Waals surface area contributed by atoms with Crippen LogP contribution in [0.15, 0.2) is 77.7 Å². The van der Waals surface area contributed by atoms with Crippen molar-refractivity contribution in [3.05, 3.63) is 89.5 Å². The van der Waals surface area contributed by atoms with Crippen molar-refractivity contribution in [2.24, 2.45) is 0 Å². The van der Waals surface area contributed by atoms with E-state index < -0.39 is 15.7 Å². The van der Waals surface area contributed by atoms with Crippen LogP contribution in [0.5, 0.6) is 0 Å². The molecule has 0 aliphatic carbocycles. The molecule has 3 aromatic carbocycles. The second-order valence-electron chi connectivity index (χ2n) is 8.58. The number of para-hydroxylation sites is 2. The van der Waals surface area contributed by atoms with Crippen molar-refractivity contribution in [1.29, 1.82) is 0 Å². The Morgan fingerprint density at radius 1 is 0.688 bits per heavy atom. The summed E-state index contributed by atoms with van der Waals surface area (Å²) in [4.78, 5) is 25.5. The molecular weight excluding hydrogens is 424 g/mol. The van der Waals surface area contributed by atoms with Gasteiger partial charge in [-0.3, -0.25) is 9.59 Å². The third kappa shape index (κ3) is 5.62. The topological polar surface area (TPSA) is 92.3 Å². The van der Waals surface area contributed by atoms with Crippen LogP contribution in [0.25, 0.3) is 0 Å². The number of benzene rings is 3. The average molecular weight is 451 g/mol. The second kappa shape index (κ2) is 8.96. The Hall–Kier alpha value is -3.45. The van der Waals surface area contributed by atoms with Gasteiger partial charge >= 0.3 is 0 Å². The summed E-state index contributed by atoms with van der Waals surface area (Å²) in [6.45, 7) is 6.32.